The predicted octanol–water partition coefficient (Wildman–Crippen LogP) is 8.94. The van der Waals surface area contributed by atoms with Gasteiger partial charge in [0, 0.05) is 37.8 Å². The van der Waals surface area contributed by atoms with Gasteiger partial charge >= 0.3 is 6.03 Å². The van der Waals surface area contributed by atoms with E-state index in [0.717, 1.165) is 30.4 Å². The summed E-state index contributed by atoms with van der Waals surface area (Å²) in [5, 5.41) is 3.32. The van der Waals surface area contributed by atoms with Crippen LogP contribution in [0.5, 0.6) is 0 Å². The minimum absolute atomic E-state index is 0.0462. The highest BCUT2D eigenvalue weighted by atomic mass is 35.5. The zero-order valence-electron chi connectivity index (χ0n) is 28.6. The normalized spacial score (nSPS) is 11.2. The quantitative estimate of drug-likeness (QED) is 0.125. The van der Waals surface area contributed by atoms with Crippen LogP contribution in [0, 0.1) is 0 Å². The van der Waals surface area contributed by atoms with Crippen LogP contribution in [-0.4, -0.2) is 44.8 Å². The molecule has 50 heavy (non-hydrogen) atoms. The summed E-state index contributed by atoms with van der Waals surface area (Å²) >= 11 is 12.7. The molecule has 0 aliphatic heterocycles. The lowest BCUT2D eigenvalue weighted by Gasteiger charge is -2.29. The fourth-order valence-corrected chi connectivity index (χ4v) is 6.99. The summed E-state index contributed by atoms with van der Waals surface area (Å²) in [7, 11) is -2.63. The van der Waals surface area contributed by atoms with Crippen LogP contribution < -0.4 is 14.9 Å². The monoisotopic (exact) mass is 736 g/mol. The molecule has 9 nitrogen and oxygen atoms in total. The van der Waals surface area contributed by atoms with Crippen LogP contribution in [0.2, 0.25) is 10.0 Å². The van der Waals surface area contributed by atoms with Crippen molar-refractivity contribution in [2.75, 3.05) is 23.8 Å². The van der Waals surface area contributed by atoms with Gasteiger partial charge in [-0.2, -0.15) is 0 Å². The average Bonchev–Trinajstić information content (AvgIpc) is 3.11. The Morgan fingerprint density at radius 2 is 1.50 bits per heavy atom. The van der Waals surface area contributed by atoms with E-state index >= 15 is 0 Å². The van der Waals surface area contributed by atoms with Gasteiger partial charge in [0.05, 0.1) is 26.2 Å². The van der Waals surface area contributed by atoms with Gasteiger partial charge in [0.2, 0.25) is 5.91 Å². The Kier molecular flexibility index (Phi) is 13.5. The SMILES string of the molecule is CCCCCN(Cc1ccc(-c2cc(CC)ccc2S(=O)(=O)NC(=O)c2ccccc2Cl)cc1)C(=O)N(C)c1cc(NC(=O)CC)ccc1Cl. The maximum atomic E-state index is 13.9. The molecular weight excluding hydrogens is 695 g/mol. The molecule has 0 bridgehead atoms. The molecular formula is C38H42Cl2N4O5S. The van der Waals surface area contributed by atoms with E-state index in [1.54, 1.807) is 61.3 Å². The number of benzene rings is 4. The second kappa shape index (κ2) is 17.5. The van der Waals surface area contributed by atoms with Crippen molar-refractivity contribution in [2.45, 2.75) is 64.3 Å². The Morgan fingerprint density at radius 1 is 0.800 bits per heavy atom. The van der Waals surface area contributed by atoms with Gasteiger partial charge < -0.3 is 10.2 Å². The topological polar surface area (TPSA) is 116 Å². The van der Waals surface area contributed by atoms with Crippen molar-refractivity contribution in [3.8, 4) is 11.1 Å². The molecule has 0 atom stereocenters. The molecule has 4 amide bonds. The van der Waals surface area contributed by atoms with Gasteiger partial charge in [-0.05, 0) is 72.0 Å². The van der Waals surface area contributed by atoms with E-state index in [1.807, 2.05) is 31.2 Å². The molecule has 0 unspecified atom stereocenters. The molecule has 4 aromatic carbocycles. The second-order valence-corrected chi connectivity index (χ2v) is 14.3. The first kappa shape index (κ1) is 38.4. The van der Waals surface area contributed by atoms with Gasteiger partial charge in [0.25, 0.3) is 15.9 Å². The Labute approximate surface area is 304 Å². The maximum absolute atomic E-state index is 13.9. The standard InChI is InChI=1S/C38H42Cl2N4O5S/c1-5-8-11-22-44(38(47)43(4)34-24-29(19-20-33(34)40)41-36(45)7-3)25-27-14-17-28(18-15-27)31-23-26(6-2)16-21-35(31)50(48,49)42-37(46)30-12-9-10-13-32(30)39/h9-10,12-21,23-24H,5-8,11,22,25H2,1-4H3,(H,41,45)(H,42,46). The first-order chi connectivity index (χ1) is 23.9. The molecule has 4 rings (SSSR count). The zero-order valence-corrected chi connectivity index (χ0v) is 31.0. The molecule has 0 fully saturated rings. The van der Waals surface area contributed by atoms with E-state index in [-0.39, 0.29) is 27.4 Å². The molecule has 12 heteroatoms. The van der Waals surface area contributed by atoms with Crippen molar-refractivity contribution < 1.29 is 22.8 Å². The van der Waals surface area contributed by atoms with E-state index in [1.165, 1.54) is 23.1 Å². The summed E-state index contributed by atoms with van der Waals surface area (Å²) in [6.07, 6.45) is 3.73. The third-order valence-corrected chi connectivity index (χ3v) is 10.3. The molecule has 4 aromatic rings. The molecule has 0 aromatic heterocycles. The number of anilines is 2. The van der Waals surface area contributed by atoms with Crippen LogP contribution >= 0.6 is 23.2 Å². The summed E-state index contributed by atoms with van der Waals surface area (Å²) in [5.41, 5.74) is 3.89. The number of carbonyl (C=O) groups is 3. The summed E-state index contributed by atoms with van der Waals surface area (Å²) in [5.74, 6) is -0.974. The van der Waals surface area contributed by atoms with Crippen LogP contribution in [0.1, 0.15) is 67.9 Å². The molecule has 0 heterocycles. The molecule has 2 N–H and O–H groups in total. The highest BCUT2D eigenvalue weighted by Gasteiger charge is 2.25. The third kappa shape index (κ3) is 9.65. The molecule has 0 radical (unpaired) electrons. The van der Waals surface area contributed by atoms with Gasteiger partial charge in [-0.3, -0.25) is 14.5 Å². The minimum Gasteiger partial charge on any atom is -0.326 e. The highest BCUT2D eigenvalue weighted by molar-refractivity contribution is 7.90. The van der Waals surface area contributed by atoms with E-state index in [9.17, 15) is 22.8 Å². The summed E-state index contributed by atoms with van der Waals surface area (Å²) in [6, 6.07) is 23.4. The lowest BCUT2D eigenvalue weighted by Crippen LogP contribution is -2.41. The zero-order chi connectivity index (χ0) is 36.4. The number of rotatable bonds is 14. The maximum Gasteiger partial charge on any atom is 0.324 e. The van der Waals surface area contributed by atoms with E-state index in [4.69, 9.17) is 23.2 Å². The van der Waals surface area contributed by atoms with Crippen molar-refractivity contribution in [3.63, 3.8) is 0 Å². The first-order valence-corrected chi connectivity index (χ1v) is 18.8. The number of halogens is 2. The predicted molar refractivity (Wildman–Crippen MR) is 201 cm³/mol. The summed E-state index contributed by atoms with van der Waals surface area (Å²) < 4.78 is 29.3. The minimum atomic E-state index is -4.28. The lowest BCUT2D eigenvalue weighted by molar-refractivity contribution is -0.115. The van der Waals surface area contributed by atoms with Gasteiger partial charge in [-0.25, -0.2) is 17.9 Å². The van der Waals surface area contributed by atoms with Gasteiger partial charge in [-0.1, -0.05) is 99.3 Å². The van der Waals surface area contributed by atoms with Gasteiger partial charge in [-0.15, -0.1) is 0 Å². The first-order valence-electron chi connectivity index (χ1n) is 16.5. The van der Waals surface area contributed by atoms with E-state index in [2.05, 4.69) is 17.0 Å². The summed E-state index contributed by atoms with van der Waals surface area (Å²) in [4.78, 5) is 42.0. The van der Waals surface area contributed by atoms with E-state index < -0.39 is 15.9 Å². The van der Waals surface area contributed by atoms with Crippen molar-refractivity contribution in [1.29, 1.82) is 0 Å². The van der Waals surface area contributed by atoms with Crippen LogP contribution in [0.25, 0.3) is 11.1 Å². The summed E-state index contributed by atoms with van der Waals surface area (Å²) in [6.45, 7) is 6.63. The number of aryl methyl sites for hydroxylation is 1. The largest absolute Gasteiger partial charge is 0.326 e. The number of urea groups is 1. The molecule has 0 aliphatic rings. The smallest absolute Gasteiger partial charge is 0.324 e. The lowest BCUT2D eigenvalue weighted by atomic mass is 10.0. The molecule has 0 saturated carbocycles. The number of nitrogens with zero attached hydrogens (tertiary/aromatic N) is 2. The number of nitrogens with one attached hydrogen (secondary N) is 2. The van der Waals surface area contributed by atoms with Crippen LogP contribution in [0.3, 0.4) is 0 Å². The number of amides is 4. The Morgan fingerprint density at radius 3 is 2.16 bits per heavy atom. The second-order valence-electron chi connectivity index (χ2n) is 11.8. The van der Waals surface area contributed by atoms with Crippen molar-refractivity contribution in [2.24, 2.45) is 0 Å². The van der Waals surface area contributed by atoms with Gasteiger partial charge in [0.1, 0.15) is 0 Å². The fraction of sp³-hybridized carbons (Fsp3) is 0.289. The van der Waals surface area contributed by atoms with Crippen LogP contribution in [0.4, 0.5) is 16.2 Å². The number of carbonyl (C=O) groups excluding carboxylic acids is 3. The van der Waals surface area contributed by atoms with Crippen LogP contribution in [0.15, 0.2) is 89.8 Å². The number of sulfonamides is 1. The van der Waals surface area contributed by atoms with Crippen molar-refractivity contribution in [3.05, 3.63) is 112 Å². The Balaban J connectivity index is 1.61. The number of unbranched alkanes of at least 4 members (excludes halogenated alkanes) is 2. The third-order valence-electron chi connectivity index (χ3n) is 8.23. The molecule has 0 aliphatic carbocycles. The van der Waals surface area contributed by atoms with Crippen molar-refractivity contribution in [1.82, 2.24) is 9.62 Å². The molecule has 0 spiro atoms. The van der Waals surface area contributed by atoms with E-state index in [0.29, 0.717) is 53.5 Å². The van der Waals surface area contributed by atoms with Crippen LogP contribution in [-0.2, 0) is 27.8 Å². The average molecular weight is 738 g/mol. The number of hydrogen-bond acceptors (Lipinski definition) is 5. The molecule has 264 valence electrons. The Hall–Kier alpha value is -4.38. The number of hydrogen-bond donors (Lipinski definition) is 2. The van der Waals surface area contributed by atoms with Gasteiger partial charge in [0.15, 0.2) is 0 Å². The Bertz CT molecular complexity index is 1950. The highest BCUT2D eigenvalue weighted by Crippen LogP contribution is 2.32. The fourth-order valence-electron chi connectivity index (χ4n) is 5.35. The molecule has 0 saturated heterocycles. The van der Waals surface area contributed by atoms with Crippen molar-refractivity contribution >= 4 is 62.4 Å².